The average molecular weight is 186 g/mol. The van der Waals surface area contributed by atoms with E-state index in [1.54, 1.807) is 16.7 Å². The Kier molecular flexibility index (Phi) is 1.96. The average Bonchev–Trinajstić information content (AvgIpc) is 2.47. The molecule has 0 bridgehead atoms. The molecule has 2 saturated heterocycles. The third kappa shape index (κ3) is 1.18. The molecule has 2 amide bonds. The lowest BCUT2D eigenvalue weighted by Crippen LogP contribution is -2.43. The summed E-state index contributed by atoms with van der Waals surface area (Å²) in [6.07, 6.45) is 0.447. The van der Waals surface area contributed by atoms with Crippen LogP contribution in [0.25, 0.3) is 0 Å². The van der Waals surface area contributed by atoms with Gasteiger partial charge in [0.25, 0.3) is 0 Å². The summed E-state index contributed by atoms with van der Waals surface area (Å²) >= 11 is 1.64. The lowest BCUT2D eigenvalue weighted by atomic mass is 10.3. The first-order valence-corrected chi connectivity index (χ1v) is 5.09. The molecule has 0 saturated carbocycles. The molecular formula is C7H10N2O2S. The quantitative estimate of drug-likeness (QED) is 0.550. The number of amides is 2. The first-order chi connectivity index (χ1) is 5.79. The number of fused-ring (bicyclic) bond motifs is 1. The monoisotopic (exact) mass is 186 g/mol. The van der Waals surface area contributed by atoms with Crippen LogP contribution in [0.5, 0.6) is 0 Å². The Hall–Kier alpha value is -0.710. The van der Waals surface area contributed by atoms with Crippen molar-refractivity contribution in [3.8, 4) is 0 Å². The van der Waals surface area contributed by atoms with E-state index in [0.717, 1.165) is 5.75 Å². The zero-order valence-electron chi connectivity index (χ0n) is 6.58. The van der Waals surface area contributed by atoms with Gasteiger partial charge in [0.05, 0.1) is 5.88 Å². The van der Waals surface area contributed by atoms with Gasteiger partial charge in [0.2, 0.25) is 11.8 Å². The van der Waals surface area contributed by atoms with Gasteiger partial charge in [-0.2, -0.15) is 0 Å². The number of nitrogens with zero attached hydrogens (tertiary/aromatic N) is 1. The van der Waals surface area contributed by atoms with Crippen LogP contribution in [0.4, 0.5) is 0 Å². The van der Waals surface area contributed by atoms with Crippen LogP contribution in [0, 0.1) is 0 Å². The van der Waals surface area contributed by atoms with Crippen molar-refractivity contribution in [1.29, 1.82) is 0 Å². The van der Waals surface area contributed by atoms with Crippen LogP contribution in [0.1, 0.15) is 6.42 Å². The number of carbonyl (C=O) groups excluding carboxylic acids is 2. The van der Waals surface area contributed by atoms with E-state index in [1.165, 1.54) is 0 Å². The number of carbonyl (C=O) groups is 2. The highest BCUT2D eigenvalue weighted by atomic mass is 32.2. The first kappa shape index (κ1) is 7.91. The molecule has 0 aromatic heterocycles. The van der Waals surface area contributed by atoms with E-state index in [9.17, 15) is 9.59 Å². The maximum atomic E-state index is 11.4. The lowest BCUT2D eigenvalue weighted by Gasteiger charge is -2.18. The largest absolute Gasteiger partial charge is 0.354 e. The van der Waals surface area contributed by atoms with Gasteiger partial charge in [-0.05, 0) is 0 Å². The van der Waals surface area contributed by atoms with Crippen molar-refractivity contribution in [2.45, 2.75) is 12.5 Å². The minimum Gasteiger partial charge on any atom is -0.354 e. The number of rotatable bonds is 0. The van der Waals surface area contributed by atoms with Crippen molar-refractivity contribution in [3.05, 3.63) is 0 Å². The van der Waals surface area contributed by atoms with Crippen LogP contribution in [-0.2, 0) is 9.59 Å². The molecule has 5 heteroatoms. The summed E-state index contributed by atoms with van der Waals surface area (Å²) in [4.78, 5) is 24.4. The number of nitrogens with one attached hydrogen (secondary N) is 1. The van der Waals surface area contributed by atoms with Crippen molar-refractivity contribution < 1.29 is 9.59 Å². The van der Waals surface area contributed by atoms with Crippen LogP contribution in [0.2, 0.25) is 0 Å². The van der Waals surface area contributed by atoms with Crippen LogP contribution < -0.4 is 5.32 Å². The minimum absolute atomic E-state index is 0.00542. The fraction of sp³-hybridized carbons (Fsp3) is 0.714. The summed E-state index contributed by atoms with van der Waals surface area (Å²) in [5.74, 6) is 1.53. The van der Waals surface area contributed by atoms with Gasteiger partial charge in [-0.15, -0.1) is 11.8 Å². The van der Waals surface area contributed by atoms with Crippen LogP contribution >= 0.6 is 11.8 Å². The second-order valence-corrected chi connectivity index (χ2v) is 3.92. The van der Waals surface area contributed by atoms with Gasteiger partial charge in [-0.1, -0.05) is 0 Å². The van der Waals surface area contributed by atoms with Crippen LogP contribution in [0.15, 0.2) is 0 Å². The van der Waals surface area contributed by atoms with Gasteiger partial charge in [0.1, 0.15) is 6.04 Å². The Balaban J connectivity index is 2.20. The van der Waals surface area contributed by atoms with E-state index >= 15 is 0 Å². The standard InChI is InChI=1S/C7H10N2O2S/c10-6-1-2-8-7(11)5-3-12-4-9(5)6/h5H,1-4H2,(H,8,11). The van der Waals surface area contributed by atoms with Crippen molar-refractivity contribution in [1.82, 2.24) is 10.2 Å². The van der Waals surface area contributed by atoms with E-state index in [0.29, 0.717) is 18.8 Å². The Morgan fingerprint density at radius 3 is 3.17 bits per heavy atom. The maximum Gasteiger partial charge on any atom is 0.243 e. The van der Waals surface area contributed by atoms with E-state index < -0.39 is 0 Å². The van der Waals surface area contributed by atoms with Gasteiger partial charge in [-0.25, -0.2) is 0 Å². The molecule has 2 aliphatic rings. The van der Waals surface area contributed by atoms with Gasteiger partial charge in [0, 0.05) is 18.7 Å². The third-order valence-corrected chi connectivity index (χ3v) is 3.16. The van der Waals surface area contributed by atoms with Gasteiger partial charge in [-0.3, -0.25) is 9.59 Å². The van der Waals surface area contributed by atoms with E-state index in [1.807, 2.05) is 0 Å². The summed E-state index contributed by atoms with van der Waals surface area (Å²) in [7, 11) is 0. The minimum atomic E-state index is -0.204. The van der Waals surface area contributed by atoms with Crippen molar-refractivity contribution in [2.24, 2.45) is 0 Å². The van der Waals surface area contributed by atoms with Crippen LogP contribution in [-0.4, -0.2) is 40.9 Å². The summed E-state index contributed by atoms with van der Waals surface area (Å²) in [6.45, 7) is 0.495. The summed E-state index contributed by atoms with van der Waals surface area (Å²) < 4.78 is 0. The number of hydrogen-bond donors (Lipinski definition) is 1. The summed E-state index contributed by atoms with van der Waals surface area (Å²) in [5, 5.41) is 2.73. The zero-order chi connectivity index (χ0) is 8.55. The van der Waals surface area contributed by atoms with Gasteiger partial charge in [0.15, 0.2) is 0 Å². The Morgan fingerprint density at radius 1 is 1.50 bits per heavy atom. The molecule has 1 unspecified atom stereocenters. The van der Waals surface area contributed by atoms with Crippen molar-refractivity contribution in [3.63, 3.8) is 0 Å². The fourth-order valence-electron chi connectivity index (χ4n) is 1.46. The number of hydrogen-bond acceptors (Lipinski definition) is 3. The van der Waals surface area contributed by atoms with Crippen molar-refractivity contribution in [2.75, 3.05) is 18.2 Å². The van der Waals surface area contributed by atoms with E-state index in [2.05, 4.69) is 5.32 Å². The Morgan fingerprint density at radius 2 is 2.33 bits per heavy atom. The van der Waals surface area contributed by atoms with Crippen molar-refractivity contribution >= 4 is 23.6 Å². The lowest BCUT2D eigenvalue weighted by molar-refractivity contribution is -0.135. The fourth-order valence-corrected chi connectivity index (χ4v) is 2.64. The van der Waals surface area contributed by atoms with E-state index in [-0.39, 0.29) is 17.9 Å². The second kappa shape index (κ2) is 2.97. The molecule has 2 heterocycles. The maximum absolute atomic E-state index is 11.4. The first-order valence-electron chi connectivity index (χ1n) is 3.94. The highest BCUT2D eigenvalue weighted by Crippen LogP contribution is 2.22. The Labute approximate surface area is 74.7 Å². The molecule has 66 valence electrons. The zero-order valence-corrected chi connectivity index (χ0v) is 7.39. The third-order valence-electron chi connectivity index (χ3n) is 2.14. The smallest absolute Gasteiger partial charge is 0.243 e. The predicted octanol–water partition coefficient (Wildman–Crippen LogP) is -0.592. The molecule has 1 atom stereocenters. The molecule has 0 radical (unpaired) electrons. The molecule has 0 aromatic carbocycles. The second-order valence-electron chi connectivity index (χ2n) is 2.92. The molecule has 0 aromatic rings. The summed E-state index contributed by atoms with van der Waals surface area (Å²) in [5.41, 5.74) is 0. The predicted molar refractivity (Wildman–Crippen MR) is 45.6 cm³/mol. The van der Waals surface area contributed by atoms with E-state index in [4.69, 9.17) is 0 Å². The molecule has 2 aliphatic heterocycles. The molecular weight excluding hydrogens is 176 g/mol. The topological polar surface area (TPSA) is 49.4 Å². The molecule has 4 nitrogen and oxygen atoms in total. The summed E-state index contributed by atoms with van der Waals surface area (Å²) in [6, 6.07) is -0.204. The molecule has 12 heavy (non-hydrogen) atoms. The SMILES string of the molecule is O=C1NCCC(=O)N2CSCC12. The highest BCUT2D eigenvalue weighted by molar-refractivity contribution is 7.99. The molecule has 2 fully saturated rings. The molecule has 0 spiro atoms. The Bertz CT molecular complexity index is 209. The highest BCUT2D eigenvalue weighted by Gasteiger charge is 2.36. The molecule has 1 N–H and O–H groups in total. The van der Waals surface area contributed by atoms with Gasteiger partial charge >= 0.3 is 0 Å². The van der Waals surface area contributed by atoms with Gasteiger partial charge < -0.3 is 10.2 Å². The molecule has 0 aliphatic carbocycles. The number of thioether (sulfide) groups is 1. The molecule has 2 rings (SSSR count). The van der Waals surface area contributed by atoms with Crippen LogP contribution in [0.3, 0.4) is 0 Å². The normalized spacial score (nSPS) is 29.7.